The summed E-state index contributed by atoms with van der Waals surface area (Å²) in [5, 5.41) is 5.27. The minimum atomic E-state index is -0.616. The fraction of sp³-hybridized carbons (Fsp3) is 0.263. The van der Waals surface area contributed by atoms with Gasteiger partial charge in [0, 0.05) is 9.79 Å². The molecule has 0 aromatic heterocycles. The molecule has 0 saturated carbocycles. The highest BCUT2D eigenvalue weighted by Crippen LogP contribution is 2.33. The van der Waals surface area contributed by atoms with Gasteiger partial charge in [-0.25, -0.2) is 4.79 Å². The lowest BCUT2D eigenvalue weighted by Gasteiger charge is -2.19. The predicted molar refractivity (Wildman–Crippen MR) is 99.9 cm³/mol. The molecule has 0 radical (unpaired) electrons. The fourth-order valence-corrected chi connectivity index (χ4v) is 2.86. The van der Waals surface area contributed by atoms with Crippen LogP contribution in [-0.4, -0.2) is 24.1 Å². The molecule has 0 bridgehead atoms. The maximum Gasteiger partial charge on any atom is 0.408 e. The summed E-state index contributed by atoms with van der Waals surface area (Å²) in [5.41, 5.74) is 0.104. The molecule has 5 nitrogen and oxygen atoms in total. The highest BCUT2D eigenvalue weighted by Gasteiger charge is 2.17. The number of rotatable bonds is 5. The van der Waals surface area contributed by atoms with Gasteiger partial charge in [0.15, 0.2) is 0 Å². The van der Waals surface area contributed by atoms with Gasteiger partial charge in [-0.1, -0.05) is 42.1 Å². The van der Waals surface area contributed by atoms with Crippen LogP contribution in [0.1, 0.15) is 20.8 Å². The predicted octanol–water partition coefficient (Wildman–Crippen LogP) is 4.30. The summed E-state index contributed by atoms with van der Waals surface area (Å²) < 4.78 is 5.11. The standard InChI is InChI=1S/C19H22N2O3S/c1-19(2,3)24-18(23)20-13-17(22)21-15-11-7-8-12-16(15)25-14-9-5-4-6-10-14/h4-12H,13H2,1-3H3,(H,20,23)(H,21,22). The van der Waals surface area contributed by atoms with Gasteiger partial charge in [-0.05, 0) is 45.0 Å². The monoisotopic (exact) mass is 358 g/mol. The Kier molecular flexibility index (Phi) is 6.47. The Balaban J connectivity index is 1.94. The number of hydrogen-bond acceptors (Lipinski definition) is 4. The summed E-state index contributed by atoms with van der Waals surface area (Å²) in [6.07, 6.45) is -0.616. The molecule has 0 unspecified atom stereocenters. The highest BCUT2D eigenvalue weighted by atomic mass is 32.2. The maximum absolute atomic E-state index is 12.1. The molecular weight excluding hydrogens is 336 g/mol. The molecule has 2 aromatic carbocycles. The van der Waals surface area contributed by atoms with Gasteiger partial charge in [0.05, 0.1) is 5.69 Å². The molecule has 0 saturated heterocycles. The van der Waals surface area contributed by atoms with E-state index in [0.717, 1.165) is 9.79 Å². The molecular formula is C19H22N2O3S. The Hall–Kier alpha value is -2.47. The number of benzene rings is 2. The Morgan fingerprint density at radius 3 is 2.32 bits per heavy atom. The van der Waals surface area contributed by atoms with E-state index in [2.05, 4.69) is 10.6 Å². The number of hydrogen-bond donors (Lipinski definition) is 2. The van der Waals surface area contributed by atoms with Gasteiger partial charge < -0.3 is 15.4 Å². The average Bonchev–Trinajstić information content (AvgIpc) is 2.54. The molecule has 0 spiro atoms. The van der Waals surface area contributed by atoms with Crippen molar-refractivity contribution in [3.63, 3.8) is 0 Å². The SMILES string of the molecule is CC(C)(C)OC(=O)NCC(=O)Nc1ccccc1Sc1ccccc1. The van der Waals surface area contributed by atoms with E-state index in [1.165, 1.54) is 0 Å². The topological polar surface area (TPSA) is 67.4 Å². The van der Waals surface area contributed by atoms with Crippen LogP contribution in [0.5, 0.6) is 0 Å². The van der Waals surface area contributed by atoms with Crippen LogP contribution in [0.3, 0.4) is 0 Å². The first-order valence-corrected chi connectivity index (χ1v) is 8.74. The lowest BCUT2D eigenvalue weighted by Crippen LogP contribution is -2.37. The molecule has 0 heterocycles. The zero-order valence-corrected chi connectivity index (χ0v) is 15.4. The lowest BCUT2D eigenvalue weighted by molar-refractivity contribution is -0.115. The molecule has 2 aromatic rings. The van der Waals surface area contributed by atoms with Crippen molar-refractivity contribution in [1.29, 1.82) is 0 Å². The molecule has 0 aliphatic carbocycles. The lowest BCUT2D eigenvalue weighted by atomic mass is 10.2. The summed E-state index contributed by atoms with van der Waals surface area (Å²) in [4.78, 5) is 25.7. The third kappa shape index (κ3) is 6.89. The Bertz CT molecular complexity index is 727. The molecule has 132 valence electrons. The molecule has 0 aliphatic rings. The number of para-hydroxylation sites is 1. The van der Waals surface area contributed by atoms with Crippen molar-refractivity contribution in [2.45, 2.75) is 36.2 Å². The zero-order chi connectivity index (χ0) is 18.3. The third-order valence-corrected chi connectivity index (χ3v) is 4.01. The van der Waals surface area contributed by atoms with E-state index < -0.39 is 11.7 Å². The number of alkyl carbamates (subject to hydrolysis) is 1. The van der Waals surface area contributed by atoms with Gasteiger partial charge in [0.2, 0.25) is 5.91 Å². The van der Waals surface area contributed by atoms with Crippen molar-refractivity contribution in [2.75, 3.05) is 11.9 Å². The van der Waals surface area contributed by atoms with Gasteiger partial charge in [-0.3, -0.25) is 4.79 Å². The van der Waals surface area contributed by atoms with Crippen molar-refractivity contribution < 1.29 is 14.3 Å². The van der Waals surface area contributed by atoms with Crippen LogP contribution in [0.4, 0.5) is 10.5 Å². The Morgan fingerprint density at radius 1 is 1.00 bits per heavy atom. The maximum atomic E-state index is 12.1. The van der Waals surface area contributed by atoms with E-state index in [9.17, 15) is 9.59 Å². The van der Waals surface area contributed by atoms with Gasteiger partial charge in [-0.2, -0.15) is 0 Å². The van der Waals surface area contributed by atoms with Gasteiger partial charge in [0.1, 0.15) is 12.1 Å². The van der Waals surface area contributed by atoms with E-state index in [-0.39, 0.29) is 12.5 Å². The van der Waals surface area contributed by atoms with Crippen LogP contribution >= 0.6 is 11.8 Å². The first-order chi connectivity index (χ1) is 11.8. The number of nitrogens with one attached hydrogen (secondary N) is 2. The van der Waals surface area contributed by atoms with E-state index in [1.807, 2.05) is 54.6 Å². The number of amides is 2. The van der Waals surface area contributed by atoms with Crippen LogP contribution < -0.4 is 10.6 Å². The molecule has 2 N–H and O–H groups in total. The highest BCUT2D eigenvalue weighted by molar-refractivity contribution is 7.99. The van der Waals surface area contributed by atoms with Crippen molar-refractivity contribution >= 4 is 29.4 Å². The Labute approximate surface area is 152 Å². The van der Waals surface area contributed by atoms with Crippen LogP contribution in [0.25, 0.3) is 0 Å². The van der Waals surface area contributed by atoms with Gasteiger partial charge in [-0.15, -0.1) is 0 Å². The van der Waals surface area contributed by atoms with Crippen molar-refractivity contribution in [3.8, 4) is 0 Å². The molecule has 6 heteroatoms. The van der Waals surface area contributed by atoms with E-state index in [1.54, 1.807) is 32.5 Å². The molecule has 0 atom stereocenters. The molecule has 2 rings (SSSR count). The summed E-state index contributed by atoms with van der Waals surface area (Å²) in [6.45, 7) is 5.15. The largest absolute Gasteiger partial charge is 0.444 e. The number of ether oxygens (including phenoxy) is 1. The summed E-state index contributed by atoms with van der Waals surface area (Å²) in [5.74, 6) is -0.313. The molecule has 0 fully saturated rings. The van der Waals surface area contributed by atoms with E-state index in [4.69, 9.17) is 4.74 Å². The molecule has 0 aliphatic heterocycles. The Morgan fingerprint density at radius 2 is 1.64 bits per heavy atom. The number of carbonyl (C=O) groups is 2. The van der Waals surface area contributed by atoms with Gasteiger partial charge >= 0.3 is 6.09 Å². The molecule has 2 amide bonds. The van der Waals surface area contributed by atoms with E-state index in [0.29, 0.717) is 5.69 Å². The van der Waals surface area contributed by atoms with Gasteiger partial charge in [0.25, 0.3) is 0 Å². The van der Waals surface area contributed by atoms with Crippen LogP contribution in [-0.2, 0) is 9.53 Å². The summed E-state index contributed by atoms with van der Waals surface area (Å²) >= 11 is 1.56. The van der Waals surface area contributed by atoms with Crippen LogP contribution in [0.15, 0.2) is 64.4 Å². The second kappa shape index (κ2) is 8.58. The van der Waals surface area contributed by atoms with Crippen molar-refractivity contribution in [3.05, 3.63) is 54.6 Å². The second-order valence-corrected chi connectivity index (χ2v) is 7.43. The zero-order valence-electron chi connectivity index (χ0n) is 14.5. The number of anilines is 1. The smallest absolute Gasteiger partial charge is 0.408 e. The molecule has 25 heavy (non-hydrogen) atoms. The first-order valence-electron chi connectivity index (χ1n) is 7.92. The minimum absolute atomic E-state index is 0.154. The first kappa shape index (κ1) is 18.9. The third-order valence-electron chi connectivity index (χ3n) is 2.92. The minimum Gasteiger partial charge on any atom is -0.444 e. The average molecular weight is 358 g/mol. The van der Waals surface area contributed by atoms with Crippen molar-refractivity contribution in [2.24, 2.45) is 0 Å². The summed E-state index contributed by atoms with van der Waals surface area (Å²) in [6, 6.07) is 17.4. The van der Waals surface area contributed by atoms with Crippen molar-refractivity contribution in [1.82, 2.24) is 5.32 Å². The van der Waals surface area contributed by atoms with Crippen LogP contribution in [0.2, 0.25) is 0 Å². The summed E-state index contributed by atoms with van der Waals surface area (Å²) in [7, 11) is 0. The number of carbonyl (C=O) groups excluding carboxylic acids is 2. The fourth-order valence-electron chi connectivity index (χ4n) is 1.94. The second-order valence-electron chi connectivity index (χ2n) is 6.31. The van der Waals surface area contributed by atoms with Crippen LogP contribution in [0, 0.1) is 0 Å². The normalized spacial score (nSPS) is 10.8. The quantitative estimate of drug-likeness (QED) is 0.836. The van der Waals surface area contributed by atoms with E-state index >= 15 is 0 Å².